The number of thiophene rings is 1. The van der Waals surface area contributed by atoms with E-state index >= 15 is 0 Å². The molecule has 0 unspecified atom stereocenters. The first-order valence-electron chi connectivity index (χ1n) is 6.71. The van der Waals surface area contributed by atoms with Crippen LogP contribution < -0.4 is 5.32 Å². The Labute approximate surface area is 133 Å². The van der Waals surface area contributed by atoms with E-state index in [0.717, 1.165) is 31.7 Å². The first-order chi connectivity index (χ1) is 9.75. The summed E-state index contributed by atoms with van der Waals surface area (Å²) < 4.78 is 13.6. The van der Waals surface area contributed by atoms with Crippen LogP contribution in [-0.4, -0.2) is 36.2 Å². The van der Waals surface area contributed by atoms with E-state index in [2.05, 4.69) is 15.6 Å². The number of nitrogens with zero attached hydrogens (tertiary/aromatic N) is 1. The SMILES string of the molecule is Cl.Oc1ccc(F)cc1[C@@H](c1ccsc1)N1CCNCC1. The van der Waals surface area contributed by atoms with Gasteiger partial charge in [-0.05, 0) is 40.6 Å². The van der Waals surface area contributed by atoms with Crippen molar-refractivity contribution in [2.45, 2.75) is 6.04 Å². The van der Waals surface area contributed by atoms with Crippen molar-refractivity contribution in [2.24, 2.45) is 0 Å². The van der Waals surface area contributed by atoms with Crippen LogP contribution in [0.4, 0.5) is 4.39 Å². The molecule has 0 spiro atoms. The molecule has 0 radical (unpaired) electrons. The molecule has 0 saturated carbocycles. The number of benzene rings is 1. The molecule has 1 atom stereocenters. The highest BCUT2D eigenvalue weighted by molar-refractivity contribution is 7.08. The number of hydrogen-bond acceptors (Lipinski definition) is 4. The van der Waals surface area contributed by atoms with Crippen LogP contribution in [0.1, 0.15) is 17.2 Å². The fourth-order valence-electron chi connectivity index (χ4n) is 2.70. The summed E-state index contributed by atoms with van der Waals surface area (Å²) in [6.45, 7) is 3.60. The second kappa shape index (κ2) is 7.22. The fourth-order valence-corrected chi connectivity index (χ4v) is 3.38. The predicted octanol–water partition coefficient (Wildman–Crippen LogP) is 3.01. The molecule has 0 aliphatic carbocycles. The van der Waals surface area contributed by atoms with Gasteiger partial charge in [0.2, 0.25) is 0 Å². The zero-order valence-corrected chi connectivity index (χ0v) is 13.1. The second-order valence-electron chi connectivity index (χ2n) is 4.95. The maximum absolute atomic E-state index is 13.6. The van der Waals surface area contributed by atoms with Gasteiger partial charge >= 0.3 is 0 Å². The van der Waals surface area contributed by atoms with Gasteiger partial charge in [0, 0.05) is 31.7 Å². The summed E-state index contributed by atoms with van der Waals surface area (Å²) in [6, 6.07) is 6.13. The highest BCUT2D eigenvalue weighted by Crippen LogP contribution is 2.35. The molecule has 2 heterocycles. The van der Waals surface area contributed by atoms with Crippen LogP contribution in [0.3, 0.4) is 0 Å². The Hall–Kier alpha value is -1.14. The number of hydrogen-bond donors (Lipinski definition) is 2. The number of phenols is 1. The average Bonchev–Trinajstić information content (AvgIpc) is 2.98. The van der Waals surface area contributed by atoms with Crippen molar-refractivity contribution in [1.82, 2.24) is 10.2 Å². The third-order valence-electron chi connectivity index (χ3n) is 3.66. The standard InChI is InChI=1S/C15H17FN2OS.ClH/c16-12-1-2-14(19)13(9-12)15(11-3-8-20-10-11)18-6-4-17-5-7-18;/h1-3,8-10,15,17,19H,4-7H2;1H/t15-;/m1./s1. The molecule has 0 amide bonds. The van der Waals surface area contributed by atoms with Crippen LogP contribution in [0.5, 0.6) is 5.75 Å². The molecule has 2 aromatic rings. The maximum Gasteiger partial charge on any atom is 0.123 e. The summed E-state index contributed by atoms with van der Waals surface area (Å²) in [5, 5.41) is 17.5. The summed E-state index contributed by atoms with van der Waals surface area (Å²) in [4.78, 5) is 2.28. The smallest absolute Gasteiger partial charge is 0.123 e. The van der Waals surface area contributed by atoms with Gasteiger partial charge in [-0.15, -0.1) is 12.4 Å². The molecular weight excluding hydrogens is 311 g/mol. The number of rotatable bonds is 3. The summed E-state index contributed by atoms with van der Waals surface area (Å²) in [5.74, 6) is -0.158. The van der Waals surface area contributed by atoms with Gasteiger partial charge in [-0.1, -0.05) is 0 Å². The van der Waals surface area contributed by atoms with Gasteiger partial charge in [0.25, 0.3) is 0 Å². The van der Waals surface area contributed by atoms with E-state index < -0.39 is 0 Å². The first-order valence-corrected chi connectivity index (χ1v) is 7.65. The lowest BCUT2D eigenvalue weighted by Gasteiger charge is -2.35. The number of halogens is 2. The van der Waals surface area contributed by atoms with E-state index in [1.165, 1.54) is 18.2 Å². The summed E-state index contributed by atoms with van der Waals surface area (Å²) in [5.41, 5.74) is 1.75. The lowest BCUT2D eigenvalue weighted by Crippen LogP contribution is -2.45. The van der Waals surface area contributed by atoms with Gasteiger partial charge in [-0.3, -0.25) is 4.90 Å². The van der Waals surface area contributed by atoms with Crippen LogP contribution in [0.15, 0.2) is 35.0 Å². The highest BCUT2D eigenvalue weighted by Gasteiger charge is 2.26. The Morgan fingerprint density at radius 2 is 2.00 bits per heavy atom. The Bertz CT molecular complexity index is 573. The first kappa shape index (κ1) is 16.2. The van der Waals surface area contributed by atoms with Crippen molar-refractivity contribution in [3.63, 3.8) is 0 Å². The fraction of sp³-hybridized carbons (Fsp3) is 0.333. The number of nitrogens with one attached hydrogen (secondary N) is 1. The molecular formula is C15H18ClFN2OS. The molecule has 0 bridgehead atoms. The Morgan fingerprint density at radius 3 is 2.67 bits per heavy atom. The minimum Gasteiger partial charge on any atom is -0.508 e. The lowest BCUT2D eigenvalue weighted by molar-refractivity contribution is 0.196. The van der Waals surface area contributed by atoms with E-state index in [4.69, 9.17) is 0 Å². The molecule has 2 N–H and O–H groups in total. The quantitative estimate of drug-likeness (QED) is 0.909. The van der Waals surface area contributed by atoms with Crippen molar-refractivity contribution < 1.29 is 9.50 Å². The minimum atomic E-state index is -0.312. The van der Waals surface area contributed by atoms with Crippen LogP contribution in [0.25, 0.3) is 0 Å². The molecule has 1 aliphatic heterocycles. The molecule has 1 aliphatic rings. The normalized spacial score (nSPS) is 17.2. The van der Waals surface area contributed by atoms with Gasteiger partial charge in [0.05, 0.1) is 6.04 Å². The number of aromatic hydroxyl groups is 1. The Kier molecular flexibility index (Phi) is 5.58. The topological polar surface area (TPSA) is 35.5 Å². The van der Waals surface area contributed by atoms with Gasteiger partial charge in [-0.2, -0.15) is 11.3 Å². The number of piperazine rings is 1. The van der Waals surface area contributed by atoms with Crippen LogP contribution >= 0.6 is 23.7 Å². The Morgan fingerprint density at radius 1 is 1.24 bits per heavy atom. The molecule has 1 saturated heterocycles. The van der Waals surface area contributed by atoms with Crippen molar-refractivity contribution in [3.05, 3.63) is 52.0 Å². The summed E-state index contributed by atoms with van der Waals surface area (Å²) in [6.07, 6.45) is 0. The van der Waals surface area contributed by atoms with Crippen LogP contribution in [0.2, 0.25) is 0 Å². The second-order valence-corrected chi connectivity index (χ2v) is 5.73. The minimum absolute atomic E-state index is 0. The molecule has 114 valence electrons. The molecule has 1 aromatic carbocycles. The molecule has 21 heavy (non-hydrogen) atoms. The summed E-state index contributed by atoms with van der Waals surface area (Å²) in [7, 11) is 0. The molecule has 1 aromatic heterocycles. The van der Waals surface area contributed by atoms with Gasteiger partial charge < -0.3 is 10.4 Å². The number of phenolic OH excluding ortho intramolecular Hbond substituents is 1. The van der Waals surface area contributed by atoms with Crippen LogP contribution in [-0.2, 0) is 0 Å². The van der Waals surface area contributed by atoms with Gasteiger partial charge in [0.15, 0.2) is 0 Å². The Balaban J connectivity index is 0.00000161. The van der Waals surface area contributed by atoms with Gasteiger partial charge in [0.1, 0.15) is 11.6 Å². The van der Waals surface area contributed by atoms with E-state index in [-0.39, 0.29) is 30.0 Å². The average molecular weight is 329 g/mol. The predicted molar refractivity (Wildman–Crippen MR) is 85.9 cm³/mol. The largest absolute Gasteiger partial charge is 0.508 e. The van der Waals surface area contributed by atoms with Crippen LogP contribution in [0, 0.1) is 5.82 Å². The van der Waals surface area contributed by atoms with Crippen molar-refractivity contribution in [2.75, 3.05) is 26.2 Å². The lowest BCUT2D eigenvalue weighted by atomic mass is 9.97. The zero-order chi connectivity index (χ0) is 13.9. The van der Waals surface area contributed by atoms with E-state index in [9.17, 15) is 9.50 Å². The monoisotopic (exact) mass is 328 g/mol. The molecule has 3 nitrogen and oxygen atoms in total. The van der Waals surface area contributed by atoms with E-state index in [1.54, 1.807) is 11.3 Å². The molecule has 6 heteroatoms. The van der Waals surface area contributed by atoms with E-state index in [1.807, 2.05) is 11.4 Å². The van der Waals surface area contributed by atoms with Crippen molar-refractivity contribution in [1.29, 1.82) is 0 Å². The van der Waals surface area contributed by atoms with E-state index in [0.29, 0.717) is 5.56 Å². The third-order valence-corrected chi connectivity index (χ3v) is 4.36. The third kappa shape index (κ3) is 3.55. The molecule has 3 rings (SSSR count). The maximum atomic E-state index is 13.6. The van der Waals surface area contributed by atoms with Crippen molar-refractivity contribution >= 4 is 23.7 Å². The van der Waals surface area contributed by atoms with Crippen molar-refractivity contribution in [3.8, 4) is 5.75 Å². The zero-order valence-electron chi connectivity index (χ0n) is 11.5. The highest BCUT2D eigenvalue weighted by atomic mass is 35.5. The van der Waals surface area contributed by atoms with Gasteiger partial charge in [-0.25, -0.2) is 4.39 Å². The summed E-state index contributed by atoms with van der Waals surface area (Å²) >= 11 is 1.62. The molecule has 1 fully saturated rings.